The molecule has 0 aliphatic carbocycles. The maximum atomic E-state index is 14.0. The molecule has 1 aromatic heterocycles. The van der Waals surface area contributed by atoms with Crippen molar-refractivity contribution in [2.45, 2.75) is 63.8 Å². The van der Waals surface area contributed by atoms with E-state index in [0.717, 1.165) is 0 Å². The molecule has 0 saturated heterocycles. The minimum absolute atomic E-state index is 0.0197. The summed E-state index contributed by atoms with van der Waals surface area (Å²) in [5, 5.41) is 15.9. The molecule has 24 heavy (non-hydrogen) atoms. The number of benzene rings is 1. The standard InChI is InChI=1S/C18H26FN3OS/c1-13(14-7-5-6-8-15(14)19)9-10-18(23,17(2,3)4)11-22-16(24)20-12-21-22/h5-8,12-13,23H,9-11H2,1-4H3,(H,20,21,24). The van der Waals surface area contributed by atoms with E-state index in [0.29, 0.717) is 30.1 Å². The third-order valence-corrected chi connectivity index (χ3v) is 5.18. The van der Waals surface area contributed by atoms with Crippen LogP contribution in [0.15, 0.2) is 35.7 Å². The minimum atomic E-state index is -1.00. The molecule has 0 radical (unpaired) electrons. The summed E-state index contributed by atoms with van der Waals surface area (Å²) >= 11 is 4.26. The lowest BCUT2D eigenvalue weighted by Crippen LogP contribution is -2.47. The van der Waals surface area contributed by atoms with Gasteiger partial charge in [-0.05, 0) is 35.8 Å². The predicted octanol–water partition coefficient (Wildman–Crippen LogP) is 4.07. The van der Waals surface area contributed by atoms with Crippen LogP contribution < -0.4 is 0 Å². The molecule has 0 fully saturated rings. The average Bonchev–Trinajstić information content (AvgIpc) is 2.89. The van der Waals surface area contributed by atoms with Gasteiger partial charge in [-0.15, -0.1) is 12.6 Å². The SMILES string of the molecule is CC(CCC(O)(Cn1ncnc1S)C(C)(C)C)c1ccccc1F. The maximum absolute atomic E-state index is 14.0. The van der Waals surface area contributed by atoms with Gasteiger partial charge in [0.2, 0.25) is 0 Å². The first kappa shape index (κ1) is 18.9. The molecule has 1 N–H and O–H groups in total. The zero-order chi connectivity index (χ0) is 18.0. The van der Waals surface area contributed by atoms with E-state index in [2.05, 4.69) is 22.7 Å². The van der Waals surface area contributed by atoms with Crippen LogP contribution in [0.3, 0.4) is 0 Å². The van der Waals surface area contributed by atoms with E-state index in [1.165, 1.54) is 12.4 Å². The molecule has 0 amide bonds. The largest absolute Gasteiger partial charge is 0.387 e. The third-order valence-electron chi connectivity index (χ3n) is 4.83. The van der Waals surface area contributed by atoms with Crippen LogP contribution in [-0.4, -0.2) is 25.5 Å². The fraction of sp³-hybridized carbons (Fsp3) is 0.556. The number of halogens is 1. The van der Waals surface area contributed by atoms with Gasteiger partial charge in [0.15, 0.2) is 5.16 Å². The Morgan fingerprint density at radius 3 is 2.50 bits per heavy atom. The fourth-order valence-electron chi connectivity index (χ4n) is 2.79. The quantitative estimate of drug-likeness (QED) is 0.772. The smallest absolute Gasteiger partial charge is 0.183 e. The minimum Gasteiger partial charge on any atom is -0.387 e. The number of hydrogen-bond donors (Lipinski definition) is 2. The Bertz CT molecular complexity index is 683. The monoisotopic (exact) mass is 351 g/mol. The molecule has 0 spiro atoms. The highest BCUT2D eigenvalue weighted by Crippen LogP contribution is 2.38. The molecular weight excluding hydrogens is 325 g/mol. The Balaban J connectivity index is 2.15. The van der Waals surface area contributed by atoms with E-state index in [1.54, 1.807) is 16.8 Å². The van der Waals surface area contributed by atoms with Gasteiger partial charge in [0.1, 0.15) is 12.1 Å². The van der Waals surface area contributed by atoms with Crippen molar-refractivity contribution >= 4 is 12.6 Å². The summed E-state index contributed by atoms with van der Waals surface area (Å²) < 4.78 is 15.6. The van der Waals surface area contributed by atoms with Crippen LogP contribution in [0.25, 0.3) is 0 Å². The molecule has 2 unspecified atom stereocenters. The summed E-state index contributed by atoms with van der Waals surface area (Å²) in [4.78, 5) is 3.99. The number of rotatable bonds is 6. The lowest BCUT2D eigenvalue weighted by molar-refractivity contribution is -0.0836. The fourth-order valence-corrected chi connectivity index (χ4v) is 2.97. The van der Waals surface area contributed by atoms with Crippen LogP contribution in [0.2, 0.25) is 0 Å². The molecule has 1 heterocycles. The molecule has 0 saturated carbocycles. The molecule has 0 aliphatic rings. The summed E-state index contributed by atoms with van der Waals surface area (Å²) in [5.74, 6) is -0.176. The van der Waals surface area contributed by atoms with E-state index in [-0.39, 0.29) is 17.2 Å². The molecule has 1 aromatic carbocycles. The summed E-state index contributed by atoms with van der Waals surface area (Å²) in [6.45, 7) is 8.28. The van der Waals surface area contributed by atoms with Gasteiger partial charge in [-0.1, -0.05) is 45.9 Å². The second-order valence-corrected chi connectivity index (χ2v) is 7.86. The summed E-state index contributed by atoms with van der Waals surface area (Å²) in [6.07, 6.45) is 2.62. The molecule has 0 bridgehead atoms. The number of aliphatic hydroxyl groups is 1. The second kappa shape index (κ2) is 7.23. The number of hydrogen-bond acceptors (Lipinski definition) is 4. The van der Waals surface area contributed by atoms with Crippen molar-refractivity contribution < 1.29 is 9.50 Å². The van der Waals surface area contributed by atoms with Crippen molar-refractivity contribution in [3.8, 4) is 0 Å². The van der Waals surface area contributed by atoms with Crippen molar-refractivity contribution in [3.63, 3.8) is 0 Å². The number of thiol groups is 1. The van der Waals surface area contributed by atoms with Gasteiger partial charge < -0.3 is 5.11 Å². The topological polar surface area (TPSA) is 50.9 Å². The van der Waals surface area contributed by atoms with E-state index in [4.69, 9.17) is 0 Å². The lowest BCUT2D eigenvalue weighted by atomic mass is 9.72. The first-order valence-corrected chi connectivity index (χ1v) is 8.62. The highest BCUT2D eigenvalue weighted by Gasteiger charge is 2.41. The van der Waals surface area contributed by atoms with Crippen molar-refractivity contribution in [1.29, 1.82) is 0 Å². The lowest BCUT2D eigenvalue weighted by Gasteiger charge is -2.41. The van der Waals surface area contributed by atoms with Gasteiger partial charge >= 0.3 is 0 Å². The Kier molecular flexibility index (Phi) is 5.71. The third kappa shape index (κ3) is 4.16. The van der Waals surface area contributed by atoms with Crippen molar-refractivity contribution in [3.05, 3.63) is 42.0 Å². The zero-order valence-electron chi connectivity index (χ0n) is 14.7. The van der Waals surface area contributed by atoms with Gasteiger partial charge in [-0.25, -0.2) is 14.1 Å². The number of aromatic nitrogens is 3. The van der Waals surface area contributed by atoms with Gasteiger partial charge in [-0.3, -0.25) is 0 Å². The van der Waals surface area contributed by atoms with Gasteiger partial charge in [-0.2, -0.15) is 5.10 Å². The van der Waals surface area contributed by atoms with E-state index in [9.17, 15) is 9.50 Å². The van der Waals surface area contributed by atoms with Crippen molar-refractivity contribution in [2.24, 2.45) is 5.41 Å². The normalized spacial score (nSPS) is 16.0. The van der Waals surface area contributed by atoms with Gasteiger partial charge in [0, 0.05) is 0 Å². The van der Waals surface area contributed by atoms with Crippen molar-refractivity contribution in [2.75, 3.05) is 0 Å². The van der Waals surface area contributed by atoms with Crippen LogP contribution in [0.4, 0.5) is 4.39 Å². The molecule has 2 atom stereocenters. The summed E-state index contributed by atoms with van der Waals surface area (Å²) in [5.41, 5.74) is -0.685. The first-order chi connectivity index (χ1) is 11.1. The molecule has 2 aromatic rings. The molecular formula is C18H26FN3OS. The van der Waals surface area contributed by atoms with E-state index < -0.39 is 5.60 Å². The van der Waals surface area contributed by atoms with E-state index in [1.807, 2.05) is 33.8 Å². The van der Waals surface area contributed by atoms with Crippen LogP contribution in [0, 0.1) is 11.2 Å². The first-order valence-electron chi connectivity index (χ1n) is 8.17. The Hall–Kier alpha value is -1.40. The van der Waals surface area contributed by atoms with Crippen LogP contribution >= 0.6 is 12.6 Å². The highest BCUT2D eigenvalue weighted by atomic mass is 32.1. The molecule has 2 rings (SSSR count). The summed E-state index contributed by atoms with van der Waals surface area (Å²) in [7, 11) is 0. The highest BCUT2D eigenvalue weighted by molar-refractivity contribution is 7.80. The maximum Gasteiger partial charge on any atom is 0.183 e. The predicted molar refractivity (Wildman–Crippen MR) is 95.7 cm³/mol. The molecule has 132 valence electrons. The molecule has 6 heteroatoms. The van der Waals surface area contributed by atoms with Crippen LogP contribution in [0.5, 0.6) is 0 Å². The average molecular weight is 351 g/mol. The molecule has 0 aliphatic heterocycles. The summed E-state index contributed by atoms with van der Waals surface area (Å²) in [6, 6.07) is 6.81. The zero-order valence-corrected chi connectivity index (χ0v) is 15.6. The van der Waals surface area contributed by atoms with Crippen LogP contribution in [0.1, 0.15) is 52.0 Å². The Morgan fingerprint density at radius 1 is 1.29 bits per heavy atom. The van der Waals surface area contributed by atoms with Gasteiger partial charge in [0.05, 0.1) is 12.1 Å². The number of nitrogens with zero attached hydrogens (tertiary/aromatic N) is 3. The van der Waals surface area contributed by atoms with E-state index >= 15 is 0 Å². The van der Waals surface area contributed by atoms with Crippen LogP contribution in [-0.2, 0) is 6.54 Å². The van der Waals surface area contributed by atoms with Crippen molar-refractivity contribution in [1.82, 2.24) is 14.8 Å². The Morgan fingerprint density at radius 2 is 1.96 bits per heavy atom. The second-order valence-electron chi connectivity index (χ2n) is 7.46. The van der Waals surface area contributed by atoms with Gasteiger partial charge in [0.25, 0.3) is 0 Å². The molecule has 4 nitrogen and oxygen atoms in total. The Labute approximate surface area is 148 Å².